The minimum Gasteiger partial charge on any atom is -0.493 e. The third kappa shape index (κ3) is 3.97. The van der Waals surface area contributed by atoms with Gasteiger partial charge >= 0.3 is 10.1 Å². The number of halogens is 1. The smallest absolute Gasteiger partial charge is 0.344 e. The van der Waals surface area contributed by atoms with E-state index >= 15 is 0 Å². The molecule has 0 spiro atoms. The molecule has 6 nitrogen and oxygen atoms in total. The molecule has 1 heterocycles. The number of hydrogen-bond donors (Lipinski definition) is 0. The van der Waals surface area contributed by atoms with Crippen LogP contribution in [-0.2, 0) is 17.2 Å². The van der Waals surface area contributed by atoms with Gasteiger partial charge in [0.1, 0.15) is 16.7 Å². The first-order valence-corrected chi connectivity index (χ1v) is 8.91. The summed E-state index contributed by atoms with van der Waals surface area (Å²) in [5, 5.41) is 4.01. The van der Waals surface area contributed by atoms with Crippen molar-refractivity contribution >= 4 is 21.7 Å². The number of nitrogens with zero attached hydrogens (tertiary/aromatic N) is 2. The maximum atomic E-state index is 12.5. The molecule has 0 bridgehead atoms. The molecule has 0 fully saturated rings. The van der Waals surface area contributed by atoms with Crippen molar-refractivity contribution in [3.8, 4) is 11.5 Å². The summed E-state index contributed by atoms with van der Waals surface area (Å²) >= 11 is 6.01. The van der Waals surface area contributed by atoms with E-state index in [9.17, 15) is 8.42 Å². The molecular weight excluding hydrogens is 340 g/mol. The molecule has 0 N–H and O–H groups in total. The molecule has 0 unspecified atom stereocenters. The molecule has 0 aliphatic heterocycles. The van der Waals surface area contributed by atoms with Crippen LogP contribution < -0.4 is 8.92 Å². The van der Waals surface area contributed by atoms with Gasteiger partial charge in [0.15, 0.2) is 4.90 Å². The van der Waals surface area contributed by atoms with E-state index in [4.69, 9.17) is 20.5 Å². The van der Waals surface area contributed by atoms with Crippen molar-refractivity contribution in [1.82, 2.24) is 9.78 Å². The molecule has 2 rings (SSSR count). The van der Waals surface area contributed by atoms with E-state index < -0.39 is 10.1 Å². The molecule has 0 aliphatic carbocycles. The molecule has 0 radical (unpaired) electrons. The van der Waals surface area contributed by atoms with Gasteiger partial charge in [-0.05, 0) is 38.0 Å². The zero-order valence-corrected chi connectivity index (χ0v) is 15.0. The summed E-state index contributed by atoms with van der Waals surface area (Å²) in [6, 6.07) is 4.98. The quantitative estimate of drug-likeness (QED) is 0.741. The fraction of sp³-hybridized carbons (Fsp3) is 0.400. The first-order chi connectivity index (χ1) is 10.7. The lowest BCUT2D eigenvalue weighted by Crippen LogP contribution is -2.11. The van der Waals surface area contributed by atoms with Crippen LogP contribution in [-0.4, -0.2) is 24.8 Å². The number of aryl methyl sites for hydroxylation is 3. The van der Waals surface area contributed by atoms with Crippen molar-refractivity contribution in [1.29, 1.82) is 0 Å². The topological polar surface area (TPSA) is 70.4 Å². The second kappa shape index (κ2) is 6.80. The second-order valence-corrected chi connectivity index (χ2v) is 7.04. The van der Waals surface area contributed by atoms with Crippen molar-refractivity contribution in [2.24, 2.45) is 7.05 Å². The zero-order chi connectivity index (χ0) is 17.2. The van der Waals surface area contributed by atoms with E-state index in [0.717, 1.165) is 12.0 Å². The first kappa shape index (κ1) is 17.6. The Hall–Kier alpha value is -1.73. The van der Waals surface area contributed by atoms with Crippen molar-refractivity contribution < 1.29 is 17.3 Å². The highest BCUT2D eigenvalue weighted by Crippen LogP contribution is 2.29. The molecular formula is C15H19ClN2O4S. The van der Waals surface area contributed by atoms with Gasteiger partial charge in [-0.2, -0.15) is 13.5 Å². The SMILES string of the molecule is CCCOc1cc(C)cc(OS(=O)(=O)c2c(C)nn(C)c2Cl)c1. The van der Waals surface area contributed by atoms with Gasteiger partial charge in [-0.3, -0.25) is 4.68 Å². The van der Waals surface area contributed by atoms with Crippen molar-refractivity contribution in [2.45, 2.75) is 32.1 Å². The van der Waals surface area contributed by atoms with E-state index in [1.807, 2.05) is 19.9 Å². The maximum absolute atomic E-state index is 12.5. The van der Waals surface area contributed by atoms with E-state index in [2.05, 4.69) is 5.10 Å². The molecule has 0 atom stereocenters. The Balaban J connectivity index is 2.35. The van der Waals surface area contributed by atoms with Crippen LogP contribution in [0, 0.1) is 13.8 Å². The van der Waals surface area contributed by atoms with Gasteiger partial charge in [-0.25, -0.2) is 0 Å². The average Bonchev–Trinajstić information content (AvgIpc) is 2.69. The van der Waals surface area contributed by atoms with Gasteiger partial charge in [0.25, 0.3) is 0 Å². The summed E-state index contributed by atoms with van der Waals surface area (Å²) in [7, 11) is -2.51. The standard InChI is InChI=1S/C15H19ClN2O4S/c1-5-6-21-12-7-10(2)8-13(9-12)22-23(19,20)14-11(3)17-18(4)15(14)16/h7-9H,5-6H2,1-4H3. The fourth-order valence-corrected chi connectivity index (χ4v) is 3.76. The number of rotatable bonds is 6. The lowest BCUT2D eigenvalue weighted by atomic mass is 10.2. The Bertz CT molecular complexity index is 815. The van der Waals surface area contributed by atoms with Crippen LogP contribution in [0.5, 0.6) is 11.5 Å². The summed E-state index contributed by atoms with van der Waals surface area (Å²) in [6.45, 7) is 5.93. The molecule has 126 valence electrons. The lowest BCUT2D eigenvalue weighted by molar-refractivity contribution is 0.316. The third-order valence-electron chi connectivity index (χ3n) is 3.05. The van der Waals surface area contributed by atoms with Crippen molar-refractivity contribution in [3.05, 3.63) is 34.6 Å². The highest BCUT2D eigenvalue weighted by Gasteiger charge is 2.27. The van der Waals surface area contributed by atoms with Gasteiger partial charge in [-0.15, -0.1) is 0 Å². The van der Waals surface area contributed by atoms with E-state index in [0.29, 0.717) is 12.4 Å². The Morgan fingerprint density at radius 3 is 2.43 bits per heavy atom. The monoisotopic (exact) mass is 358 g/mol. The van der Waals surface area contributed by atoms with Crippen LogP contribution in [0.4, 0.5) is 0 Å². The van der Waals surface area contributed by atoms with E-state index in [-0.39, 0.29) is 21.5 Å². The number of aromatic nitrogens is 2. The maximum Gasteiger partial charge on any atom is 0.344 e. The van der Waals surface area contributed by atoms with Gasteiger partial charge in [0.2, 0.25) is 0 Å². The van der Waals surface area contributed by atoms with Crippen LogP contribution in [0.2, 0.25) is 5.15 Å². The predicted molar refractivity (Wildman–Crippen MR) is 87.7 cm³/mol. The third-order valence-corrected chi connectivity index (χ3v) is 5.00. The summed E-state index contributed by atoms with van der Waals surface area (Å²) in [5.74, 6) is 0.737. The Kier molecular flexibility index (Phi) is 5.21. The first-order valence-electron chi connectivity index (χ1n) is 7.12. The summed E-state index contributed by atoms with van der Waals surface area (Å²) in [6.07, 6.45) is 0.854. The lowest BCUT2D eigenvalue weighted by Gasteiger charge is -2.10. The van der Waals surface area contributed by atoms with Crippen LogP contribution in [0.1, 0.15) is 24.6 Å². The minimum atomic E-state index is -4.08. The zero-order valence-electron chi connectivity index (χ0n) is 13.5. The number of hydrogen-bond acceptors (Lipinski definition) is 5. The number of benzene rings is 1. The average molecular weight is 359 g/mol. The molecule has 0 amide bonds. The Morgan fingerprint density at radius 2 is 1.87 bits per heavy atom. The molecule has 0 saturated heterocycles. The molecule has 0 aliphatic rings. The van der Waals surface area contributed by atoms with Crippen LogP contribution in [0.25, 0.3) is 0 Å². The van der Waals surface area contributed by atoms with Crippen molar-refractivity contribution in [3.63, 3.8) is 0 Å². The molecule has 8 heteroatoms. The van der Waals surface area contributed by atoms with Crippen molar-refractivity contribution in [2.75, 3.05) is 6.61 Å². The minimum absolute atomic E-state index is 0.0117. The van der Waals surface area contributed by atoms with Gasteiger partial charge in [-0.1, -0.05) is 18.5 Å². The molecule has 23 heavy (non-hydrogen) atoms. The molecule has 1 aromatic carbocycles. The molecule has 1 aromatic heterocycles. The van der Waals surface area contributed by atoms with Gasteiger partial charge in [0.05, 0.1) is 12.3 Å². The largest absolute Gasteiger partial charge is 0.493 e. The summed E-state index contributed by atoms with van der Waals surface area (Å²) in [5.41, 5.74) is 1.12. The Labute approximate surface area is 141 Å². The van der Waals surface area contributed by atoms with E-state index in [1.54, 1.807) is 26.1 Å². The fourth-order valence-electron chi connectivity index (χ4n) is 2.13. The van der Waals surface area contributed by atoms with Gasteiger partial charge in [0, 0.05) is 13.1 Å². The van der Waals surface area contributed by atoms with Crippen LogP contribution in [0.3, 0.4) is 0 Å². The number of ether oxygens (including phenoxy) is 1. The highest BCUT2D eigenvalue weighted by atomic mass is 35.5. The van der Waals surface area contributed by atoms with Gasteiger partial charge < -0.3 is 8.92 Å². The predicted octanol–water partition coefficient (Wildman–Crippen LogP) is 3.25. The summed E-state index contributed by atoms with van der Waals surface area (Å²) < 4.78 is 37.0. The molecule has 2 aromatic rings. The molecule has 0 saturated carbocycles. The van der Waals surface area contributed by atoms with E-state index in [1.165, 1.54) is 4.68 Å². The second-order valence-electron chi connectivity index (χ2n) is 5.20. The van der Waals surface area contributed by atoms with Crippen LogP contribution in [0.15, 0.2) is 23.1 Å². The highest BCUT2D eigenvalue weighted by molar-refractivity contribution is 7.87. The Morgan fingerprint density at radius 1 is 1.22 bits per heavy atom. The normalized spacial score (nSPS) is 11.5. The summed E-state index contributed by atoms with van der Waals surface area (Å²) in [4.78, 5) is -0.126. The van der Waals surface area contributed by atoms with Crippen LogP contribution >= 0.6 is 11.6 Å².